The van der Waals surface area contributed by atoms with Crippen molar-refractivity contribution >= 4 is 16.7 Å². The molecule has 0 amide bonds. The summed E-state index contributed by atoms with van der Waals surface area (Å²) in [5.41, 5.74) is 2.81. The van der Waals surface area contributed by atoms with Crippen molar-refractivity contribution in [3.8, 4) is 0 Å². The van der Waals surface area contributed by atoms with Gasteiger partial charge in [-0.2, -0.15) is 0 Å². The number of rotatable bonds is 4. The van der Waals surface area contributed by atoms with Gasteiger partial charge in [-0.15, -0.1) is 0 Å². The molecule has 0 radical (unpaired) electrons. The molecule has 0 spiro atoms. The van der Waals surface area contributed by atoms with E-state index >= 15 is 0 Å². The average Bonchev–Trinajstić information content (AvgIpc) is 2.35. The lowest BCUT2D eigenvalue weighted by Crippen LogP contribution is -2.15. The zero-order chi connectivity index (χ0) is 13.1. The molecule has 92 valence electrons. The molecule has 2 rings (SSSR count). The van der Waals surface area contributed by atoms with Crippen LogP contribution in [-0.4, -0.2) is 10.8 Å². The Kier molecular flexibility index (Phi) is 3.56. The molecule has 1 heterocycles. The van der Waals surface area contributed by atoms with E-state index in [2.05, 4.69) is 11.6 Å². The van der Waals surface area contributed by atoms with Gasteiger partial charge in [-0.05, 0) is 26.0 Å². The van der Waals surface area contributed by atoms with Crippen LogP contribution in [0.5, 0.6) is 0 Å². The Morgan fingerprint density at radius 2 is 1.94 bits per heavy atom. The van der Waals surface area contributed by atoms with E-state index in [9.17, 15) is 4.79 Å². The number of carbonyl (C=O) groups is 1. The Morgan fingerprint density at radius 1 is 1.22 bits per heavy atom. The van der Waals surface area contributed by atoms with Gasteiger partial charge in [0.05, 0.1) is 5.52 Å². The van der Waals surface area contributed by atoms with E-state index in [0.717, 1.165) is 22.2 Å². The van der Waals surface area contributed by atoms with E-state index in [1.54, 1.807) is 6.92 Å². The third kappa shape index (κ3) is 2.65. The zero-order valence-corrected chi connectivity index (χ0v) is 10.8. The second kappa shape index (κ2) is 5.13. The van der Waals surface area contributed by atoms with Crippen LogP contribution in [0.2, 0.25) is 0 Å². The number of Topliss-reactive ketones (excluding diaryl/α,β-unsaturated/α-hetero) is 1. The first kappa shape index (κ1) is 12.5. The number of nitrogens with zero attached hydrogens (tertiary/aromatic N) is 1. The maximum absolute atomic E-state index is 11.6. The molecule has 0 aliphatic carbocycles. The molecule has 0 N–H and O–H groups in total. The Bertz CT molecular complexity index is 587. The molecule has 0 saturated carbocycles. The van der Waals surface area contributed by atoms with Crippen LogP contribution < -0.4 is 0 Å². The lowest BCUT2D eigenvalue weighted by Gasteiger charge is -2.13. The number of ketones is 1. The minimum absolute atomic E-state index is 0.126. The number of fused-ring (bicyclic) bond motifs is 1. The molecule has 2 aromatic rings. The summed E-state index contributed by atoms with van der Waals surface area (Å²) < 4.78 is 0. The van der Waals surface area contributed by atoms with Gasteiger partial charge >= 0.3 is 0 Å². The fourth-order valence-corrected chi connectivity index (χ4v) is 2.10. The fourth-order valence-electron chi connectivity index (χ4n) is 2.10. The van der Waals surface area contributed by atoms with Crippen LogP contribution in [0.25, 0.3) is 10.9 Å². The molecule has 2 nitrogen and oxygen atoms in total. The van der Waals surface area contributed by atoms with Crippen molar-refractivity contribution in [2.75, 3.05) is 0 Å². The lowest BCUT2D eigenvalue weighted by molar-refractivity contribution is -0.119. The van der Waals surface area contributed by atoms with Gasteiger partial charge in [0.1, 0.15) is 5.78 Å². The van der Waals surface area contributed by atoms with E-state index in [4.69, 9.17) is 0 Å². The monoisotopic (exact) mass is 239 g/mol. The summed E-state index contributed by atoms with van der Waals surface area (Å²) in [5.74, 6) is 0.0242. The summed E-state index contributed by atoms with van der Waals surface area (Å²) in [6.45, 7) is 7.39. The maximum atomic E-state index is 11.6. The van der Waals surface area contributed by atoms with Crippen molar-refractivity contribution in [1.82, 2.24) is 4.98 Å². The van der Waals surface area contributed by atoms with Crippen LogP contribution in [0.4, 0.5) is 0 Å². The molecule has 0 saturated heterocycles. The van der Waals surface area contributed by atoms with Gasteiger partial charge < -0.3 is 0 Å². The number of hydrogen-bond donors (Lipinski definition) is 0. The first-order valence-corrected chi connectivity index (χ1v) is 6.08. The number of aromatic nitrogens is 1. The van der Waals surface area contributed by atoms with Crippen LogP contribution in [0.15, 0.2) is 48.6 Å². The van der Waals surface area contributed by atoms with Crippen molar-refractivity contribution in [2.24, 2.45) is 5.92 Å². The van der Waals surface area contributed by atoms with Crippen LogP contribution >= 0.6 is 0 Å². The highest BCUT2D eigenvalue weighted by Crippen LogP contribution is 2.18. The van der Waals surface area contributed by atoms with Crippen molar-refractivity contribution in [2.45, 2.75) is 20.3 Å². The number of allylic oxidation sites excluding steroid dienone is 1. The van der Waals surface area contributed by atoms with Gasteiger partial charge in [0, 0.05) is 23.4 Å². The quantitative estimate of drug-likeness (QED) is 0.764. The van der Waals surface area contributed by atoms with Crippen molar-refractivity contribution in [3.63, 3.8) is 0 Å². The van der Waals surface area contributed by atoms with Crippen molar-refractivity contribution in [1.29, 1.82) is 0 Å². The summed E-state index contributed by atoms with van der Waals surface area (Å²) >= 11 is 0. The van der Waals surface area contributed by atoms with E-state index in [1.807, 2.05) is 43.3 Å². The first-order valence-electron chi connectivity index (χ1n) is 6.08. The molecular formula is C16H17NO. The molecule has 1 aromatic heterocycles. The van der Waals surface area contributed by atoms with Gasteiger partial charge in [0.25, 0.3) is 0 Å². The van der Waals surface area contributed by atoms with Gasteiger partial charge in [-0.3, -0.25) is 9.78 Å². The Labute approximate surface area is 107 Å². The second-order valence-electron chi connectivity index (χ2n) is 4.71. The van der Waals surface area contributed by atoms with E-state index < -0.39 is 0 Å². The topological polar surface area (TPSA) is 30.0 Å². The van der Waals surface area contributed by atoms with Gasteiger partial charge in [-0.25, -0.2) is 0 Å². The molecule has 0 aliphatic rings. The average molecular weight is 239 g/mol. The standard InChI is InChI=1S/C16H17NO/c1-11(2)15(12(3)18)10-14-9-8-13-6-4-5-7-16(13)17-14/h4-9,15H,1,10H2,2-3H3. The molecular weight excluding hydrogens is 222 g/mol. The summed E-state index contributed by atoms with van der Waals surface area (Å²) in [6.07, 6.45) is 0.634. The van der Waals surface area contributed by atoms with Gasteiger partial charge in [-0.1, -0.05) is 36.4 Å². The largest absolute Gasteiger partial charge is 0.299 e. The third-order valence-corrected chi connectivity index (χ3v) is 3.15. The zero-order valence-electron chi connectivity index (χ0n) is 10.8. The van der Waals surface area contributed by atoms with Crippen LogP contribution in [0.3, 0.4) is 0 Å². The number of pyridine rings is 1. The first-order chi connectivity index (χ1) is 8.58. The molecule has 0 aliphatic heterocycles. The van der Waals surface area contributed by atoms with Crippen LogP contribution in [0, 0.1) is 5.92 Å². The highest BCUT2D eigenvalue weighted by Gasteiger charge is 2.16. The van der Waals surface area contributed by atoms with E-state index in [1.165, 1.54) is 0 Å². The minimum atomic E-state index is -0.126. The van der Waals surface area contributed by atoms with Gasteiger partial charge in [0.15, 0.2) is 0 Å². The summed E-state index contributed by atoms with van der Waals surface area (Å²) in [5, 5.41) is 1.12. The molecule has 1 aromatic carbocycles. The highest BCUT2D eigenvalue weighted by molar-refractivity contribution is 5.82. The molecule has 0 bridgehead atoms. The Balaban J connectivity index is 2.31. The van der Waals surface area contributed by atoms with Crippen LogP contribution in [-0.2, 0) is 11.2 Å². The predicted molar refractivity (Wildman–Crippen MR) is 74.4 cm³/mol. The summed E-state index contributed by atoms with van der Waals surface area (Å²) in [4.78, 5) is 16.2. The molecule has 1 unspecified atom stereocenters. The highest BCUT2D eigenvalue weighted by atomic mass is 16.1. The summed E-state index contributed by atoms with van der Waals surface area (Å²) in [6, 6.07) is 12.0. The predicted octanol–water partition coefficient (Wildman–Crippen LogP) is 3.56. The number of benzene rings is 1. The van der Waals surface area contributed by atoms with Crippen molar-refractivity contribution < 1.29 is 4.79 Å². The number of para-hydroxylation sites is 1. The molecule has 1 atom stereocenters. The fraction of sp³-hybridized carbons (Fsp3) is 0.250. The summed E-state index contributed by atoms with van der Waals surface area (Å²) in [7, 11) is 0. The smallest absolute Gasteiger partial charge is 0.137 e. The number of hydrogen-bond acceptors (Lipinski definition) is 2. The lowest BCUT2D eigenvalue weighted by atomic mass is 9.92. The Morgan fingerprint density at radius 3 is 2.61 bits per heavy atom. The molecule has 0 fully saturated rings. The van der Waals surface area contributed by atoms with Crippen molar-refractivity contribution in [3.05, 3.63) is 54.2 Å². The third-order valence-electron chi connectivity index (χ3n) is 3.15. The molecule has 18 heavy (non-hydrogen) atoms. The van der Waals surface area contributed by atoms with Crippen LogP contribution in [0.1, 0.15) is 19.5 Å². The van der Waals surface area contributed by atoms with E-state index in [0.29, 0.717) is 6.42 Å². The number of carbonyl (C=O) groups excluding carboxylic acids is 1. The van der Waals surface area contributed by atoms with E-state index in [-0.39, 0.29) is 11.7 Å². The SMILES string of the molecule is C=C(C)C(Cc1ccc2ccccc2n1)C(C)=O. The molecule has 2 heteroatoms. The normalized spacial score (nSPS) is 12.3. The maximum Gasteiger partial charge on any atom is 0.137 e. The van der Waals surface area contributed by atoms with Gasteiger partial charge in [0.2, 0.25) is 0 Å². The second-order valence-corrected chi connectivity index (χ2v) is 4.71. The minimum Gasteiger partial charge on any atom is -0.299 e. The Hall–Kier alpha value is -1.96.